The lowest BCUT2D eigenvalue weighted by Gasteiger charge is -2.30. The van der Waals surface area contributed by atoms with Crippen molar-refractivity contribution in [3.05, 3.63) is 31.8 Å². The summed E-state index contributed by atoms with van der Waals surface area (Å²) in [5, 5.41) is 3.45. The second-order valence-electron chi connectivity index (χ2n) is 4.54. The highest BCUT2D eigenvalue weighted by molar-refractivity contribution is 14.1. The zero-order chi connectivity index (χ0) is 11.5. The fourth-order valence-electron chi connectivity index (χ4n) is 2.24. The van der Waals surface area contributed by atoms with Crippen LogP contribution < -0.4 is 5.32 Å². The Morgan fingerprint density at radius 1 is 1.50 bits per heavy atom. The van der Waals surface area contributed by atoms with E-state index in [0.29, 0.717) is 6.04 Å². The lowest BCUT2D eigenvalue weighted by atomic mass is 9.79. The summed E-state index contributed by atoms with van der Waals surface area (Å²) in [6, 6.07) is 7.08. The first kappa shape index (κ1) is 12.8. The molecule has 0 amide bonds. The zero-order valence-electron chi connectivity index (χ0n) is 9.47. The molecule has 2 rings (SSSR count). The molecule has 0 spiro atoms. The maximum absolute atomic E-state index is 3.66. The van der Waals surface area contributed by atoms with Gasteiger partial charge in [-0.1, -0.05) is 35.2 Å². The van der Waals surface area contributed by atoms with Gasteiger partial charge in [0.25, 0.3) is 0 Å². The third kappa shape index (κ3) is 2.99. The zero-order valence-corrected chi connectivity index (χ0v) is 13.2. The maximum Gasteiger partial charge on any atom is 0.0331 e. The first-order valence-corrected chi connectivity index (χ1v) is 7.70. The molecule has 0 saturated heterocycles. The van der Waals surface area contributed by atoms with Crippen molar-refractivity contribution in [2.24, 2.45) is 5.92 Å². The monoisotopic (exact) mass is 393 g/mol. The molecule has 88 valence electrons. The highest BCUT2D eigenvalue weighted by Gasteiger charge is 2.23. The SMILES string of the molecule is CNC(CC1CCC1)c1cc(I)ccc1Br. The van der Waals surface area contributed by atoms with E-state index < -0.39 is 0 Å². The van der Waals surface area contributed by atoms with Gasteiger partial charge in [-0.15, -0.1) is 0 Å². The second-order valence-corrected chi connectivity index (χ2v) is 6.64. The van der Waals surface area contributed by atoms with Crippen molar-refractivity contribution in [1.82, 2.24) is 5.32 Å². The van der Waals surface area contributed by atoms with Gasteiger partial charge in [0, 0.05) is 14.1 Å². The van der Waals surface area contributed by atoms with Crippen molar-refractivity contribution in [2.75, 3.05) is 7.05 Å². The van der Waals surface area contributed by atoms with Crippen molar-refractivity contribution in [3.8, 4) is 0 Å². The second kappa shape index (κ2) is 5.83. The maximum atomic E-state index is 3.66. The van der Waals surface area contributed by atoms with E-state index in [2.05, 4.69) is 69.1 Å². The van der Waals surface area contributed by atoms with Crippen LogP contribution in [0.3, 0.4) is 0 Å². The molecule has 1 atom stereocenters. The highest BCUT2D eigenvalue weighted by atomic mass is 127. The van der Waals surface area contributed by atoms with E-state index in [-0.39, 0.29) is 0 Å². The van der Waals surface area contributed by atoms with Crippen LogP contribution in [0, 0.1) is 9.49 Å². The Bertz CT molecular complexity index is 363. The molecule has 0 radical (unpaired) electrons. The van der Waals surface area contributed by atoms with Gasteiger partial charge in [-0.25, -0.2) is 0 Å². The molecule has 1 aliphatic rings. The largest absolute Gasteiger partial charge is 0.313 e. The van der Waals surface area contributed by atoms with Gasteiger partial charge in [0.15, 0.2) is 0 Å². The van der Waals surface area contributed by atoms with Gasteiger partial charge in [0.05, 0.1) is 0 Å². The molecular weight excluding hydrogens is 377 g/mol. The Labute approximate surface area is 120 Å². The lowest BCUT2D eigenvalue weighted by molar-refractivity contribution is 0.265. The van der Waals surface area contributed by atoms with E-state index in [1.54, 1.807) is 0 Å². The first-order chi connectivity index (χ1) is 7.70. The van der Waals surface area contributed by atoms with Crippen molar-refractivity contribution in [1.29, 1.82) is 0 Å². The standard InChI is InChI=1S/C13H17BrIN/c1-16-13(7-9-3-2-4-9)11-8-10(15)5-6-12(11)14/h5-6,8-9,13,16H,2-4,7H2,1H3. The molecule has 1 aliphatic carbocycles. The van der Waals surface area contributed by atoms with E-state index in [1.165, 1.54) is 39.3 Å². The van der Waals surface area contributed by atoms with Gasteiger partial charge in [-0.3, -0.25) is 0 Å². The summed E-state index contributed by atoms with van der Waals surface area (Å²) in [5.74, 6) is 0.933. The summed E-state index contributed by atoms with van der Waals surface area (Å²) in [6.07, 6.45) is 5.53. The van der Waals surface area contributed by atoms with Crippen molar-refractivity contribution in [3.63, 3.8) is 0 Å². The van der Waals surface area contributed by atoms with Crippen LogP contribution in [0.15, 0.2) is 22.7 Å². The topological polar surface area (TPSA) is 12.0 Å². The number of hydrogen-bond acceptors (Lipinski definition) is 1. The fourth-order valence-corrected chi connectivity index (χ4v) is 3.28. The van der Waals surface area contributed by atoms with Gasteiger partial charge in [-0.05, 0) is 65.7 Å². The Morgan fingerprint density at radius 2 is 2.25 bits per heavy atom. The van der Waals surface area contributed by atoms with Crippen LogP contribution in [0.4, 0.5) is 0 Å². The minimum atomic E-state index is 0.495. The van der Waals surface area contributed by atoms with Gasteiger partial charge in [0.1, 0.15) is 0 Å². The molecule has 1 unspecified atom stereocenters. The van der Waals surface area contributed by atoms with Gasteiger partial charge in [0.2, 0.25) is 0 Å². The molecule has 1 nitrogen and oxygen atoms in total. The summed E-state index contributed by atoms with van der Waals surface area (Å²) in [4.78, 5) is 0. The summed E-state index contributed by atoms with van der Waals surface area (Å²) in [7, 11) is 2.07. The predicted octanol–water partition coefficient (Wildman–Crippen LogP) is 4.50. The molecule has 1 N–H and O–H groups in total. The Morgan fingerprint density at radius 3 is 2.81 bits per heavy atom. The van der Waals surface area contributed by atoms with Crippen LogP contribution in [0.2, 0.25) is 0 Å². The highest BCUT2D eigenvalue weighted by Crippen LogP contribution is 2.36. The van der Waals surface area contributed by atoms with E-state index in [1.807, 2.05) is 0 Å². The average molecular weight is 394 g/mol. The van der Waals surface area contributed by atoms with Gasteiger partial charge in [-0.2, -0.15) is 0 Å². The van der Waals surface area contributed by atoms with Crippen molar-refractivity contribution < 1.29 is 0 Å². The molecule has 0 aliphatic heterocycles. The predicted molar refractivity (Wildman–Crippen MR) is 80.6 cm³/mol. The minimum absolute atomic E-state index is 0.495. The molecular formula is C13H17BrIN. The van der Waals surface area contributed by atoms with Crippen LogP contribution >= 0.6 is 38.5 Å². The number of rotatable bonds is 4. The Balaban J connectivity index is 2.14. The number of hydrogen-bond donors (Lipinski definition) is 1. The lowest BCUT2D eigenvalue weighted by Crippen LogP contribution is -2.23. The molecule has 1 saturated carbocycles. The number of nitrogens with one attached hydrogen (secondary N) is 1. The minimum Gasteiger partial charge on any atom is -0.313 e. The molecule has 3 heteroatoms. The summed E-state index contributed by atoms with van der Waals surface area (Å²) < 4.78 is 2.54. The van der Waals surface area contributed by atoms with Crippen LogP contribution in [-0.2, 0) is 0 Å². The van der Waals surface area contributed by atoms with Crippen LogP contribution in [0.25, 0.3) is 0 Å². The molecule has 1 aromatic rings. The number of benzene rings is 1. The first-order valence-electron chi connectivity index (χ1n) is 5.83. The van der Waals surface area contributed by atoms with E-state index in [9.17, 15) is 0 Å². The quantitative estimate of drug-likeness (QED) is 0.742. The van der Waals surface area contributed by atoms with Gasteiger partial charge < -0.3 is 5.32 Å². The van der Waals surface area contributed by atoms with E-state index in [4.69, 9.17) is 0 Å². The molecule has 16 heavy (non-hydrogen) atoms. The normalized spacial score (nSPS) is 18.2. The molecule has 0 heterocycles. The molecule has 0 aromatic heterocycles. The summed E-state index contributed by atoms with van der Waals surface area (Å²) in [6.45, 7) is 0. The average Bonchev–Trinajstić information content (AvgIpc) is 2.21. The van der Waals surface area contributed by atoms with Crippen LogP contribution in [0.5, 0.6) is 0 Å². The van der Waals surface area contributed by atoms with Crippen molar-refractivity contribution in [2.45, 2.75) is 31.7 Å². The molecule has 1 fully saturated rings. The Hall–Kier alpha value is 0.390. The van der Waals surface area contributed by atoms with Crippen LogP contribution in [0.1, 0.15) is 37.3 Å². The fraction of sp³-hybridized carbons (Fsp3) is 0.538. The molecule has 0 bridgehead atoms. The number of halogens is 2. The third-order valence-corrected chi connectivity index (χ3v) is 4.87. The van der Waals surface area contributed by atoms with Crippen molar-refractivity contribution >= 4 is 38.5 Å². The summed E-state index contributed by atoms with van der Waals surface area (Å²) in [5.41, 5.74) is 1.40. The summed E-state index contributed by atoms with van der Waals surface area (Å²) >= 11 is 6.04. The Kier molecular flexibility index (Phi) is 4.67. The van der Waals surface area contributed by atoms with E-state index in [0.717, 1.165) is 5.92 Å². The third-order valence-electron chi connectivity index (χ3n) is 3.48. The smallest absolute Gasteiger partial charge is 0.0331 e. The van der Waals surface area contributed by atoms with Gasteiger partial charge >= 0.3 is 0 Å². The van der Waals surface area contributed by atoms with Crippen LogP contribution in [-0.4, -0.2) is 7.05 Å². The molecule has 1 aromatic carbocycles. The van der Waals surface area contributed by atoms with E-state index >= 15 is 0 Å².